The van der Waals surface area contributed by atoms with E-state index in [9.17, 15) is 18.0 Å². The van der Waals surface area contributed by atoms with E-state index < -0.39 is 21.5 Å². The molecule has 0 aliphatic rings. The average Bonchev–Trinajstić information content (AvgIpc) is 3.35. The maximum atomic E-state index is 12.7. The fourth-order valence-corrected chi connectivity index (χ4v) is 5.65. The van der Waals surface area contributed by atoms with Gasteiger partial charge in [0.1, 0.15) is 6.54 Å². The van der Waals surface area contributed by atoms with Gasteiger partial charge in [-0.3, -0.25) is 9.59 Å². The highest BCUT2D eigenvalue weighted by Crippen LogP contribution is 2.28. The van der Waals surface area contributed by atoms with E-state index in [0.29, 0.717) is 18.2 Å². The van der Waals surface area contributed by atoms with E-state index in [1.165, 1.54) is 27.9 Å². The third-order valence-electron chi connectivity index (χ3n) is 4.14. The van der Waals surface area contributed by atoms with Crippen LogP contribution in [0.3, 0.4) is 0 Å². The van der Waals surface area contributed by atoms with Crippen molar-refractivity contribution in [1.82, 2.24) is 13.9 Å². The van der Waals surface area contributed by atoms with Crippen molar-refractivity contribution in [3.8, 4) is 10.6 Å². The normalized spacial score (nSPS) is 11.7. The molecule has 0 saturated heterocycles. The molecule has 0 atom stereocenters. The monoisotopic (exact) mass is 452 g/mol. The van der Waals surface area contributed by atoms with E-state index in [4.69, 9.17) is 0 Å². The summed E-state index contributed by atoms with van der Waals surface area (Å²) in [7, 11) is -3.72. The Hall–Kier alpha value is -2.34. The molecule has 3 aromatic rings. The first-order valence-electron chi connectivity index (χ1n) is 8.85. The van der Waals surface area contributed by atoms with E-state index in [1.54, 1.807) is 25.2 Å². The summed E-state index contributed by atoms with van der Waals surface area (Å²) in [6, 6.07) is 6.27. The molecular weight excluding hydrogens is 432 g/mol. The molecular formula is C18H20N4O4S3. The molecule has 0 unspecified atom stereocenters. The van der Waals surface area contributed by atoms with Crippen LogP contribution in [-0.2, 0) is 21.4 Å². The third kappa shape index (κ3) is 4.81. The van der Waals surface area contributed by atoms with Crippen LogP contribution >= 0.6 is 22.7 Å². The predicted molar refractivity (Wildman–Crippen MR) is 115 cm³/mol. The second-order valence-corrected chi connectivity index (χ2v) is 9.73. The van der Waals surface area contributed by atoms with Gasteiger partial charge < -0.3 is 9.88 Å². The Bertz CT molecular complexity index is 1150. The number of nitrogens with zero attached hydrogens (tertiary/aromatic N) is 3. The van der Waals surface area contributed by atoms with Crippen LogP contribution < -0.4 is 10.9 Å². The van der Waals surface area contributed by atoms with Crippen molar-refractivity contribution in [1.29, 1.82) is 0 Å². The van der Waals surface area contributed by atoms with Crippen molar-refractivity contribution in [2.45, 2.75) is 25.3 Å². The Kier molecular flexibility index (Phi) is 6.63. The topological polar surface area (TPSA) is 101 Å². The second kappa shape index (κ2) is 8.99. The number of nitrogens with one attached hydrogen (secondary N) is 1. The smallest absolute Gasteiger partial charge is 0.251 e. The van der Waals surface area contributed by atoms with Gasteiger partial charge in [0.15, 0.2) is 5.13 Å². The number of sulfonamides is 1. The molecule has 0 aromatic carbocycles. The molecule has 3 heterocycles. The number of pyridine rings is 1. The SMILES string of the molecule is CCN(CC)S(=O)(=O)c1ccc(=O)n(CC(=O)Nc2nc(-c3cccs3)cs2)c1. The van der Waals surface area contributed by atoms with Crippen LogP contribution in [0, 0.1) is 0 Å². The number of thiophene rings is 1. The van der Waals surface area contributed by atoms with E-state index in [0.717, 1.165) is 21.2 Å². The van der Waals surface area contributed by atoms with E-state index in [2.05, 4.69) is 10.3 Å². The summed E-state index contributed by atoms with van der Waals surface area (Å²) in [6.07, 6.45) is 1.20. The van der Waals surface area contributed by atoms with Gasteiger partial charge in [0.05, 0.1) is 15.5 Å². The number of carbonyl (C=O) groups excluding carboxylic acids is 1. The Labute approximate surface area is 176 Å². The Morgan fingerprint density at radius 2 is 1.97 bits per heavy atom. The van der Waals surface area contributed by atoms with E-state index >= 15 is 0 Å². The number of carbonyl (C=O) groups is 1. The van der Waals surface area contributed by atoms with Gasteiger partial charge in [-0.15, -0.1) is 22.7 Å². The van der Waals surface area contributed by atoms with Crippen molar-refractivity contribution in [2.24, 2.45) is 0 Å². The molecule has 3 rings (SSSR count). The van der Waals surface area contributed by atoms with Gasteiger partial charge >= 0.3 is 0 Å². The quantitative estimate of drug-likeness (QED) is 0.566. The van der Waals surface area contributed by atoms with Crippen molar-refractivity contribution in [2.75, 3.05) is 18.4 Å². The molecule has 154 valence electrons. The second-order valence-electron chi connectivity index (χ2n) is 5.98. The first kappa shape index (κ1) is 21.4. The molecule has 11 heteroatoms. The van der Waals surface area contributed by atoms with Crippen LogP contribution in [0.25, 0.3) is 10.6 Å². The minimum Gasteiger partial charge on any atom is -0.305 e. The first-order valence-corrected chi connectivity index (χ1v) is 12.0. The molecule has 3 aromatic heterocycles. The summed E-state index contributed by atoms with van der Waals surface area (Å²) >= 11 is 2.83. The zero-order valence-corrected chi connectivity index (χ0v) is 18.3. The molecule has 0 fully saturated rings. The lowest BCUT2D eigenvalue weighted by atomic mass is 10.4. The minimum absolute atomic E-state index is 0.0252. The molecule has 8 nitrogen and oxygen atoms in total. The lowest BCUT2D eigenvalue weighted by Crippen LogP contribution is -2.33. The van der Waals surface area contributed by atoms with Crippen molar-refractivity contribution >= 4 is 43.7 Å². The molecule has 1 N–H and O–H groups in total. The summed E-state index contributed by atoms with van der Waals surface area (Å²) in [5.41, 5.74) is 0.307. The van der Waals surface area contributed by atoms with Crippen molar-refractivity contribution < 1.29 is 13.2 Å². The summed E-state index contributed by atoms with van der Waals surface area (Å²) in [5.74, 6) is -0.462. The number of amides is 1. The van der Waals surface area contributed by atoms with Crippen LogP contribution in [-0.4, -0.2) is 41.3 Å². The van der Waals surface area contributed by atoms with Gasteiger partial charge in [-0.25, -0.2) is 13.4 Å². The number of anilines is 1. The van der Waals surface area contributed by atoms with Crippen LogP contribution in [0.1, 0.15) is 13.8 Å². The summed E-state index contributed by atoms with van der Waals surface area (Å²) in [4.78, 5) is 29.8. The molecule has 1 amide bonds. The van der Waals surface area contributed by atoms with Crippen molar-refractivity contribution in [3.63, 3.8) is 0 Å². The minimum atomic E-state index is -3.72. The van der Waals surface area contributed by atoms with Crippen LogP contribution in [0.2, 0.25) is 0 Å². The third-order valence-corrected chi connectivity index (χ3v) is 7.82. The fraction of sp³-hybridized carbons (Fsp3) is 0.278. The molecule has 0 radical (unpaired) electrons. The standard InChI is InChI=1S/C18H20N4O4S3/c1-3-22(4-2)29(25,26)13-7-8-17(24)21(10-13)11-16(23)20-18-19-14(12-28-18)15-6-5-9-27-15/h5-10,12H,3-4,11H2,1-2H3,(H,19,20,23). The zero-order chi connectivity index (χ0) is 21.0. The summed E-state index contributed by atoms with van der Waals surface area (Å²) in [6.45, 7) is 3.80. The summed E-state index contributed by atoms with van der Waals surface area (Å²) in [5, 5.41) is 6.85. The van der Waals surface area contributed by atoms with Gasteiger partial charge in [0.2, 0.25) is 15.9 Å². The number of hydrogen-bond donors (Lipinski definition) is 1. The fourth-order valence-electron chi connectivity index (χ4n) is 2.68. The predicted octanol–water partition coefficient (Wildman–Crippen LogP) is 2.70. The largest absolute Gasteiger partial charge is 0.305 e. The Morgan fingerprint density at radius 3 is 2.62 bits per heavy atom. The maximum absolute atomic E-state index is 12.7. The van der Waals surface area contributed by atoms with Crippen LogP contribution in [0.15, 0.2) is 50.9 Å². The Balaban J connectivity index is 1.76. The first-order chi connectivity index (χ1) is 13.8. The number of rotatable bonds is 8. The average molecular weight is 453 g/mol. The lowest BCUT2D eigenvalue weighted by Gasteiger charge is -2.18. The molecule has 0 aliphatic heterocycles. The highest BCUT2D eigenvalue weighted by molar-refractivity contribution is 7.89. The number of aromatic nitrogens is 2. The highest BCUT2D eigenvalue weighted by atomic mass is 32.2. The van der Waals surface area contributed by atoms with Gasteiger partial charge in [0, 0.05) is 30.7 Å². The molecule has 29 heavy (non-hydrogen) atoms. The number of thiazole rings is 1. The van der Waals surface area contributed by atoms with Gasteiger partial charge in [-0.05, 0) is 17.5 Å². The molecule has 0 bridgehead atoms. The van der Waals surface area contributed by atoms with Crippen molar-refractivity contribution in [3.05, 3.63) is 51.6 Å². The molecule has 0 aliphatic carbocycles. The number of hydrogen-bond acceptors (Lipinski definition) is 7. The molecule has 0 saturated carbocycles. The van der Waals surface area contributed by atoms with E-state index in [1.807, 2.05) is 22.9 Å². The van der Waals surface area contributed by atoms with Crippen LogP contribution in [0.4, 0.5) is 5.13 Å². The zero-order valence-electron chi connectivity index (χ0n) is 15.9. The van der Waals surface area contributed by atoms with Gasteiger partial charge in [-0.1, -0.05) is 19.9 Å². The van der Waals surface area contributed by atoms with E-state index in [-0.39, 0.29) is 11.4 Å². The van der Waals surface area contributed by atoms with Crippen LogP contribution in [0.5, 0.6) is 0 Å². The highest BCUT2D eigenvalue weighted by Gasteiger charge is 2.22. The van der Waals surface area contributed by atoms with Gasteiger partial charge in [0.25, 0.3) is 5.56 Å². The Morgan fingerprint density at radius 1 is 1.21 bits per heavy atom. The summed E-state index contributed by atoms with van der Waals surface area (Å²) < 4.78 is 27.7. The molecule has 0 spiro atoms. The lowest BCUT2D eigenvalue weighted by molar-refractivity contribution is -0.116. The van der Waals surface area contributed by atoms with Gasteiger partial charge in [-0.2, -0.15) is 4.31 Å². The maximum Gasteiger partial charge on any atom is 0.251 e.